The van der Waals surface area contributed by atoms with E-state index in [4.69, 9.17) is 5.11 Å². The van der Waals surface area contributed by atoms with E-state index in [-0.39, 0.29) is 35.1 Å². The third kappa shape index (κ3) is 6.51. The van der Waals surface area contributed by atoms with Gasteiger partial charge in [-0.15, -0.1) is 0 Å². The normalized spacial score (nSPS) is 16.2. The predicted molar refractivity (Wildman–Crippen MR) is 115 cm³/mol. The highest BCUT2D eigenvalue weighted by molar-refractivity contribution is 7.89. The average molecular weight is 454 g/mol. The Labute approximate surface area is 183 Å². The van der Waals surface area contributed by atoms with Crippen LogP contribution in [0, 0.1) is 18.8 Å². The number of carbonyl (C=O) groups excluding carboxylic acids is 2. The molecular weight excluding hydrogens is 422 g/mol. The van der Waals surface area contributed by atoms with Crippen molar-refractivity contribution < 1.29 is 27.9 Å². The number of hydrogen-bond donors (Lipinski definition) is 2. The standard InChI is InChI=1S/C21H31N3O6S/c1-14(2)19(22-31(29,30)17-7-5-15(3)6-8-17)21(28)24-11-9-16(10-12-24)20(27)23(4)13-18(25)26/h5-8,14,16,19,22H,9-13H2,1-4H3,(H,25,26)/t19-/m0/s1. The molecule has 1 heterocycles. The van der Waals surface area contributed by atoms with E-state index >= 15 is 0 Å². The van der Waals surface area contributed by atoms with Crippen molar-refractivity contribution in [1.29, 1.82) is 0 Å². The molecule has 2 N–H and O–H groups in total. The number of hydrogen-bond acceptors (Lipinski definition) is 5. The highest BCUT2D eigenvalue weighted by atomic mass is 32.2. The fourth-order valence-electron chi connectivity index (χ4n) is 3.56. The van der Waals surface area contributed by atoms with E-state index in [9.17, 15) is 22.8 Å². The Morgan fingerprint density at radius 2 is 1.71 bits per heavy atom. The second-order valence-corrected chi connectivity index (χ2v) is 10.1. The number of nitrogens with zero attached hydrogens (tertiary/aromatic N) is 2. The summed E-state index contributed by atoms with van der Waals surface area (Å²) in [6.45, 7) is 5.66. The molecule has 1 aliphatic heterocycles. The summed E-state index contributed by atoms with van der Waals surface area (Å²) in [6.07, 6.45) is 0.814. The lowest BCUT2D eigenvalue weighted by Gasteiger charge is -2.35. The van der Waals surface area contributed by atoms with Crippen molar-refractivity contribution in [2.45, 2.75) is 44.6 Å². The molecule has 31 heavy (non-hydrogen) atoms. The van der Waals surface area contributed by atoms with E-state index in [1.165, 1.54) is 24.1 Å². The average Bonchev–Trinajstić information content (AvgIpc) is 2.70. The number of likely N-dealkylation sites (tertiary alicyclic amines) is 1. The molecule has 0 aromatic heterocycles. The maximum atomic E-state index is 13.1. The highest BCUT2D eigenvalue weighted by Gasteiger charge is 2.35. The number of sulfonamides is 1. The number of aryl methyl sites for hydroxylation is 1. The van der Waals surface area contributed by atoms with Gasteiger partial charge in [-0.05, 0) is 37.8 Å². The third-order valence-electron chi connectivity index (χ3n) is 5.45. The van der Waals surface area contributed by atoms with Crippen LogP contribution in [-0.4, -0.2) is 73.8 Å². The van der Waals surface area contributed by atoms with Crippen molar-refractivity contribution in [2.24, 2.45) is 11.8 Å². The first-order valence-corrected chi connectivity index (χ1v) is 11.7. The quantitative estimate of drug-likeness (QED) is 0.607. The summed E-state index contributed by atoms with van der Waals surface area (Å²) in [6, 6.07) is 5.48. The molecule has 1 aromatic rings. The van der Waals surface area contributed by atoms with Crippen LogP contribution in [0.15, 0.2) is 29.2 Å². The Morgan fingerprint density at radius 3 is 2.19 bits per heavy atom. The van der Waals surface area contributed by atoms with Gasteiger partial charge in [0.15, 0.2) is 0 Å². The maximum Gasteiger partial charge on any atom is 0.323 e. The summed E-state index contributed by atoms with van der Waals surface area (Å²) in [7, 11) is -2.42. The molecule has 0 bridgehead atoms. The van der Waals surface area contributed by atoms with Crippen LogP contribution in [0.3, 0.4) is 0 Å². The highest BCUT2D eigenvalue weighted by Crippen LogP contribution is 2.22. The molecule has 2 rings (SSSR count). The number of likely N-dealkylation sites (N-methyl/N-ethyl adjacent to an activating group) is 1. The molecule has 9 nitrogen and oxygen atoms in total. The van der Waals surface area contributed by atoms with E-state index in [0.29, 0.717) is 25.9 Å². The minimum atomic E-state index is -3.87. The smallest absolute Gasteiger partial charge is 0.323 e. The minimum absolute atomic E-state index is 0.0994. The lowest BCUT2D eigenvalue weighted by Crippen LogP contribution is -2.53. The molecule has 1 saturated heterocycles. The fraction of sp³-hybridized carbons (Fsp3) is 0.571. The first-order chi connectivity index (χ1) is 14.4. The van der Waals surface area contributed by atoms with Gasteiger partial charge in [-0.3, -0.25) is 14.4 Å². The molecule has 0 aliphatic carbocycles. The van der Waals surface area contributed by atoms with Crippen LogP contribution in [0.25, 0.3) is 0 Å². The summed E-state index contributed by atoms with van der Waals surface area (Å²) in [5.74, 6) is -2.28. The van der Waals surface area contributed by atoms with Gasteiger partial charge in [0.2, 0.25) is 21.8 Å². The second kappa shape index (κ2) is 10.2. The van der Waals surface area contributed by atoms with Gasteiger partial charge >= 0.3 is 5.97 Å². The first-order valence-electron chi connectivity index (χ1n) is 10.3. The Hall–Kier alpha value is -2.46. The molecule has 1 aliphatic rings. The van der Waals surface area contributed by atoms with E-state index in [2.05, 4.69) is 4.72 Å². The minimum Gasteiger partial charge on any atom is -0.480 e. The lowest BCUT2D eigenvalue weighted by molar-refractivity contribution is -0.146. The van der Waals surface area contributed by atoms with Crippen molar-refractivity contribution in [1.82, 2.24) is 14.5 Å². The maximum absolute atomic E-state index is 13.1. The third-order valence-corrected chi connectivity index (χ3v) is 6.91. The molecule has 172 valence electrons. The van der Waals surface area contributed by atoms with E-state index in [0.717, 1.165) is 5.56 Å². The van der Waals surface area contributed by atoms with Crippen molar-refractivity contribution in [3.05, 3.63) is 29.8 Å². The molecular formula is C21H31N3O6S. The zero-order valence-electron chi connectivity index (χ0n) is 18.4. The van der Waals surface area contributed by atoms with Gasteiger partial charge in [-0.1, -0.05) is 31.5 Å². The number of nitrogens with one attached hydrogen (secondary N) is 1. The predicted octanol–water partition coefficient (Wildman–Crippen LogP) is 1.08. The van der Waals surface area contributed by atoms with Crippen LogP contribution >= 0.6 is 0 Å². The van der Waals surface area contributed by atoms with Crippen LogP contribution in [0.2, 0.25) is 0 Å². The summed E-state index contributed by atoms with van der Waals surface area (Å²) in [5.41, 5.74) is 0.932. The number of benzene rings is 1. The molecule has 0 unspecified atom stereocenters. The SMILES string of the molecule is Cc1ccc(S(=O)(=O)N[C@H](C(=O)N2CCC(C(=O)N(C)CC(=O)O)CC2)C(C)C)cc1. The van der Waals surface area contributed by atoms with Gasteiger partial charge in [-0.2, -0.15) is 4.72 Å². The molecule has 0 spiro atoms. The zero-order valence-corrected chi connectivity index (χ0v) is 19.2. The number of rotatable bonds is 8. The number of amides is 2. The van der Waals surface area contributed by atoms with Crippen molar-refractivity contribution >= 4 is 27.8 Å². The van der Waals surface area contributed by atoms with Crippen LogP contribution in [0.5, 0.6) is 0 Å². The first kappa shape index (κ1) is 24.8. The molecule has 1 atom stereocenters. The monoisotopic (exact) mass is 453 g/mol. The molecule has 1 aromatic carbocycles. The topological polar surface area (TPSA) is 124 Å². The second-order valence-electron chi connectivity index (χ2n) is 8.34. The van der Waals surface area contributed by atoms with Crippen LogP contribution in [0.1, 0.15) is 32.3 Å². The Kier molecular flexibility index (Phi) is 8.19. The fourth-order valence-corrected chi connectivity index (χ4v) is 4.90. The Morgan fingerprint density at radius 1 is 1.16 bits per heavy atom. The van der Waals surface area contributed by atoms with Crippen molar-refractivity contribution in [3.63, 3.8) is 0 Å². The summed E-state index contributed by atoms with van der Waals surface area (Å²) >= 11 is 0. The van der Waals surface area contributed by atoms with Gasteiger partial charge in [0.25, 0.3) is 0 Å². The summed E-state index contributed by atoms with van der Waals surface area (Å²) in [4.78, 5) is 39.1. The molecule has 10 heteroatoms. The molecule has 1 fully saturated rings. The van der Waals surface area contributed by atoms with E-state index in [1.807, 2.05) is 6.92 Å². The van der Waals surface area contributed by atoms with Gasteiger partial charge in [-0.25, -0.2) is 8.42 Å². The largest absolute Gasteiger partial charge is 0.480 e. The van der Waals surface area contributed by atoms with Crippen molar-refractivity contribution in [3.8, 4) is 0 Å². The lowest BCUT2D eigenvalue weighted by atomic mass is 9.94. The molecule has 0 saturated carbocycles. The van der Waals surface area contributed by atoms with E-state index < -0.39 is 22.0 Å². The Bertz CT molecular complexity index is 906. The van der Waals surface area contributed by atoms with Crippen LogP contribution < -0.4 is 4.72 Å². The number of carboxylic acid groups (broad SMARTS) is 1. The summed E-state index contributed by atoms with van der Waals surface area (Å²) in [5, 5.41) is 8.84. The zero-order chi connectivity index (χ0) is 23.3. The Balaban J connectivity index is 2.04. The summed E-state index contributed by atoms with van der Waals surface area (Å²) < 4.78 is 28.1. The molecule has 2 amide bonds. The number of carboxylic acids is 1. The van der Waals surface area contributed by atoms with Crippen LogP contribution in [-0.2, 0) is 24.4 Å². The van der Waals surface area contributed by atoms with Crippen molar-refractivity contribution in [2.75, 3.05) is 26.7 Å². The van der Waals surface area contributed by atoms with Gasteiger partial charge < -0.3 is 14.9 Å². The number of aliphatic carboxylic acids is 1. The number of piperidine rings is 1. The van der Waals surface area contributed by atoms with Gasteiger partial charge in [0.05, 0.1) is 4.90 Å². The van der Waals surface area contributed by atoms with Gasteiger partial charge in [0, 0.05) is 26.1 Å². The van der Waals surface area contributed by atoms with E-state index in [1.54, 1.807) is 30.9 Å². The number of carbonyl (C=O) groups is 3. The van der Waals surface area contributed by atoms with Gasteiger partial charge in [0.1, 0.15) is 12.6 Å². The molecule has 0 radical (unpaired) electrons. The van der Waals surface area contributed by atoms with Crippen LogP contribution in [0.4, 0.5) is 0 Å².